The van der Waals surface area contributed by atoms with Gasteiger partial charge in [-0.1, -0.05) is 0 Å². The number of hydrogen-bond acceptors (Lipinski definition) is 2. The molecule has 0 unspecified atom stereocenters. The molecule has 44 valence electrons. The van der Waals surface area contributed by atoms with E-state index in [1.165, 1.54) is 0 Å². The van der Waals surface area contributed by atoms with Crippen molar-refractivity contribution in [1.82, 2.24) is 0 Å². The maximum atomic E-state index is 7.98. The summed E-state index contributed by atoms with van der Waals surface area (Å²) in [6.45, 7) is 0.402. The number of rotatable bonds is 2. The average Bonchev–Trinajstić information content (AvgIpc) is 1.66. The van der Waals surface area contributed by atoms with E-state index in [9.17, 15) is 0 Å². The van der Waals surface area contributed by atoms with Gasteiger partial charge in [0.15, 0.2) is 5.96 Å². The van der Waals surface area contributed by atoms with Gasteiger partial charge in [-0.15, -0.1) is 0 Å². The van der Waals surface area contributed by atoms with Gasteiger partial charge < -0.3 is 11.5 Å². The third-order valence-corrected chi connectivity index (χ3v) is 0.518. The third-order valence-electron chi connectivity index (χ3n) is 0.518. The predicted octanol–water partition coefficient (Wildman–Crippen LogP) is -0.827. The summed E-state index contributed by atoms with van der Waals surface area (Å²) in [6, 6.07) is 1.90. The van der Waals surface area contributed by atoms with Crippen molar-refractivity contribution < 1.29 is 0 Å². The first-order valence-electron chi connectivity index (χ1n) is 2.19. The Morgan fingerprint density at radius 2 is 2.25 bits per heavy atom. The number of aliphatic imine (C=N–C) groups is 1. The van der Waals surface area contributed by atoms with Crippen LogP contribution < -0.4 is 11.5 Å². The van der Waals surface area contributed by atoms with Gasteiger partial charge >= 0.3 is 0 Å². The predicted molar refractivity (Wildman–Crippen MR) is 30.9 cm³/mol. The quantitative estimate of drug-likeness (QED) is 0.277. The lowest BCUT2D eigenvalue weighted by Crippen LogP contribution is -2.22. The smallest absolute Gasteiger partial charge is 0.185 e. The largest absolute Gasteiger partial charge is 0.370 e. The SMILES string of the molecule is N#CCCN=C(N)N. The second-order valence-corrected chi connectivity index (χ2v) is 1.21. The minimum Gasteiger partial charge on any atom is -0.370 e. The Labute approximate surface area is 47.8 Å². The molecule has 8 heavy (non-hydrogen) atoms. The molecule has 0 spiro atoms. The first kappa shape index (κ1) is 6.76. The first-order valence-corrected chi connectivity index (χ1v) is 2.19. The number of nitriles is 1. The molecule has 0 aliphatic carbocycles. The molecule has 0 amide bonds. The van der Waals surface area contributed by atoms with E-state index < -0.39 is 0 Å². The van der Waals surface area contributed by atoms with E-state index in [-0.39, 0.29) is 5.96 Å². The summed E-state index contributed by atoms with van der Waals surface area (Å²) in [7, 11) is 0. The van der Waals surface area contributed by atoms with Crippen LogP contribution in [0.3, 0.4) is 0 Å². The Kier molecular flexibility index (Phi) is 3.32. The van der Waals surface area contributed by atoms with Crippen LogP contribution in [0.5, 0.6) is 0 Å². The van der Waals surface area contributed by atoms with Gasteiger partial charge in [-0.25, -0.2) is 0 Å². The van der Waals surface area contributed by atoms with Gasteiger partial charge in [-0.3, -0.25) is 4.99 Å². The molecule has 4 heteroatoms. The molecule has 4 N–H and O–H groups in total. The molecule has 0 saturated carbocycles. The van der Waals surface area contributed by atoms with Crippen molar-refractivity contribution in [3.8, 4) is 6.07 Å². The highest BCUT2D eigenvalue weighted by Gasteiger charge is 1.78. The molecule has 0 heterocycles. The summed E-state index contributed by atoms with van der Waals surface area (Å²) in [5.74, 6) is 0.0419. The molecule has 0 aliphatic heterocycles. The Bertz CT molecular complexity index is 116. The fourth-order valence-corrected chi connectivity index (χ4v) is 0.235. The molecule has 0 radical (unpaired) electrons. The number of hydrogen-bond donors (Lipinski definition) is 2. The molecule has 0 aromatic heterocycles. The van der Waals surface area contributed by atoms with E-state index in [1.54, 1.807) is 0 Å². The Balaban J connectivity index is 3.20. The number of guanidine groups is 1. The molecular weight excluding hydrogens is 104 g/mol. The van der Waals surface area contributed by atoms with Crippen molar-refractivity contribution in [2.75, 3.05) is 6.54 Å². The van der Waals surface area contributed by atoms with Crippen molar-refractivity contribution >= 4 is 5.96 Å². The number of nitrogens with zero attached hydrogens (tertiary/aromatic N) is 2. The van der Waals surface area contributed by atoms with Crippen molar-refractivity contribution in [3.63, 3.8) is 0 Å². The second kappa shape index (κ2) is 3.93. The molecule has 4 nitrogen and oxygen atoms in total. The van der Waals surface area contributed by atoms with Crippen LogP contribution in [0.15, 0.2) is 4.99 Å². The van der Waals surface area contributed by atoms with E-state index in [4.69, 9.17) is 16.7 Å². The van der Waals surface area contributed by atoms with Gasteiger partial charge in [0.25, 0.3) is 0 Å². The number of nitrogens with two attached hydrogens (primary N) is 2. The zero-order valence-corrected chi connectivity index (χ0v) is 4.46. The van der Waals surface area contributed by atoms with Crippen LogP contribution in [-0.2, 0) is 0 Å². The summed E-state index contributed by atoms with van der Waals surface area (Å²) in [5.41, 5.74) is 9.90. The van der Waals surface area contributed by atoms with Crippen LogP contribution in [0.1, 0.15) is 6.42 Å². The van der Waals surface area contributed by atoms with Gasteiger partial charge in [0.1, 0.15) is 0 Å². The van der Waals surface area contributed by atoms with Gasteiger partial charge in [0.2, 0.25) is 0 Å². The standard InChI is InChI=1S/C4H8N4/c5-2-1-3-8-4(6)7/h1,3H2,(H4,6,7,8). The molecule has 0 saturated heterocycles. The van der Waals surface area contributed by atoms with E-state index in [0.717, 1.165) is 0 Å². The molecule has 0 aromatic carbocycles. The van der Waals surface area contributed by atoms with E-state index in [2.05, 4.69) is 4.99 Å². The molecule has 0 aliphatic rings. The van der Waals surface area contributed by atoms with Crippen molar-refractivity contribution in [1.29, 1.82) is 5.26 Å². The van der Waals surface area contributed by atoms with Gasteiger partial charge in [0, 0.05) is 0 Å². The monoisotopic (exact) mass is 112 g/mol. The molecule has 0 aromatic rings. The molecule has 0 atom stereocenters. The van der Waals surface area contributed by atoms with Gasteiger partial charge in [-0.2, -0.15) is 5.26 Å². The van der Waals surface area contributed by atoms with Crippen LogP contribution in [0, 0.1) is 11.3 Å². The first-order chi connectivity index (χ1) is 3.77. The van der Waals surface area contributed by atoms with Crippen LogP contribution >= 0.6 is 0 Å². The van der Waals surface area contributed by atoms with E-state index in [1.807, 2.05) is 6.07 Å². The lowest BCUT2D eigenvalue weighted by atomic mass is 10.5. The fraction of sp³-hybridized carbons (Fsp3) is 0.500. The Hall–Kier alpha value is -1.24. The highest BCUT2D eigenvalue weighted by molar-refractivity contribution is 5.75. The minimum absolute atomic E-state index is 0.0419. The zero-order chi connectivity index (χ0) is 6.41. The highest BCUT2D eigenvalue weighted by Crippen LogP contribution is 1.73. The van der Waals surface area contributed by atoms with Gasteiger partial charge in [-0.05, 0) is 0 Å². The maximum absolute atomic E-state index is 7.98. The normalized spacial score (nSPS) is 7.38. The molecule has 0 fully saturated rings. The van der Waals surface area contributed by atoms with E-state index in [0.29, 0.717) is 13.0 Å². The summed E-state index contributed by atoms with van der Waals surface area (Å²) in [6.07, 6.45) is 0.373. The lowest BCUT2D eigenvalue weighted by molar-refractivity contribution is 1.01. The van der Waals surface area contributed by atoms with Crippen LogP contribution in [-0.4, -0.2) is 12.5 Å². The molecular formula is C4H8N4. The van der Waals surface area contributed by atoms with E-state index >= 15 is 0 Å². The van der Waals surface area contributed by atoms with Crippen LogP contribution in [0.25, 0.3) is 0 Å². The van der Waals surface area contributed by atoms with Gasteiger partial charge in [0.05, 0.1) is 19.0 Å². The highest BCUT2D eigenvalue weighted by atomic mass is 15.0. The molecule has 0 rings (SSSR count). The zero-order valence-electron chi connectivity index (χ0n) is 4.46. The van der Waals surface area contributed by atoms with Crippen LogP contribution in [0.4, 0.5) is 0 Å². The molecule has 0 bridgehead atoms. The lowest BCUT2D eigenvalue weighted by Gasteiger charge is -1.85. The summed E-state index contributed by atoms with van der Waals surface area (Å²) < 4.78 is 0. The summed E-state index contributed by atoms with van der Waals surface area (Å²) in [5, 5.41) is 7.98. The fourth-order valence-electron chi connectivity index (χ4n) is 0.235. The Morgan fingerprint density at radius 3 is 2.62 bits per heavy atom. The third kappa shape index (κ3) is 4.76. The average molecular weight is 112 g/mol. The van der Waals surface area contributed by atoms with Crippen molar-refractivity contribution in [2.24, 2.45) is 16.5 Å². The topological polar surface area (TPSA) is 88.2 Å². The van der Waals surface area contributed by atoms with Crippen molar-refractivity contribution in [3.05, 3.63) is 0 Å². The van der Waals surface area contributed by atoms with Crippen LogP contribution in [0.2, 0.25) is 0 Å². The Morgan fingerprint density at radius 1 is 1.62 bits per heavy atom. The summed E-state index contributed by atoms with van der Waals surface area (Å²) >= 11 is 0. The minimum atomic E-state index is 0.0419. The maximum Gasteiger partial charge on any atom is 0.185 e. The second-order valence-electron chi connectivity index (χ2n) is 1.21. The van der Waals surface area contributed by atoms with Crippen molar-refractivity contribution in [2.45, 2.75) is 6.42 Å². The summed E-state index contributed by atoms with van der Waals surface area (Å²) in [4.78, 5) is 3.56.